The number of carbonyl (C=O) groups excluding carboxylic acids is 1. The number of carbonyl (C=O) groups is 1. The van der Waals surface area contributed by atoms with Gasteiger partial charge >= 0.3 is 12.1 Å². The summed E-state index contributed by atoms with van der Waals surface area (Å²) in [6.07, 6.45) is 0.0508. The molecular weight excluding hydrogens is 455 g/mol. The number of ether oxygens (including phenoxy) is 1. The lowest BCUT2D eigenvalue weighted by Gasteiger charge is -2.33. The van der Waals surface area contributed by atoms with Crippen LogP contribution in [0.15, 0.2) is 77.7 Å². The zero-order chi connectivity index (χ0) is 24.3. The van der Waals surface area contributed by atoms with Crippen molar-refractivity contribution in [1.29, 1.82) is 0 Å². The molecular formula is C24H24F3NO4S. The summed E-state index contributed by atoms with van der Waals surface area (Å²) in [5.74, 6) is -0.992. The topological polar surface area (TPSA) is 72.5 Å². The van der Waals surface area contributed by atoms with Gasteiger partial charge in [0.25, 0.3) is 0 Å². The Morgan fingerprint density at radius 2 is 1.73 bits per heavy atom. The molecule has 0 heterocycles. The van der Waals surface area contributed by atoms with Crippen LogP contribution in [-0.4, -0.2) is 34.2 Å². The van der Waals surface area contributed by atoms with Crippen LogP contribution in [0.4, 0.5) is 13.2 Å². The molecule has 0 unspecified atom stereocenters. The largest absolute Gasteiger partial charge is 0.465 e. The van der Waals surface area contributed by atoms with Gasteiger partial charge in [-0.2, -0.15) is 13.2 Å². The normalized spacial score (nSPS) is 20.6. The lowest BCUT2D eigenvalue weighted by molar-refractivity contribution is -0.191. The maximum atomic E-state index is 14.0. The Kier molecular flexibility index (Phi) is 7.14. The van der Waals surface area contributed by atoms with E-state index in [0.29, 0.717) is 5.56 Å². The first-order valence-corrected chi connectivity index (χ1v) is 11.7. The van der Waals surface area contributed by atoms with Gasteiger partial charge in [-0.25, -0.2) is 17.9 Å². The summed E-state index contributed by atoms with van der Waals surface area (Å²) in [4.78, 5) is 11.6. The molecule has 0 fully saturated rings. The zero-order valence-corrected chi connectivity index (χ0v) is 18.9. The Balaban J connectivity index is 1.76. The first-order valence-electron chi connectivity index (χ1n) is 10.2. The number of alkyl halides is 3. The van der Waals surface area contributed by atoms with Crippen LogP contribution in [0, 0.1) is 12.3 Å². The number of rotatable bonds is 7. The van der Waals surface area contributed by atoms with Crippen molar-refractivity contribution in [2.75, 3.05) is 13.7 Å². The standard InChI is InChI=1S/C24H24F3NO4S/c1-17-8-9-20(16-21(17)22(29)32-2)33(30,31)28-15-14-23(24(25,26)27)12-10-19(11-13-23)18-6-4-3-5-7-18/h3-13,16,19,28H,14-15H2,1-2H3. The van der Waals surface area contributed by atoms with Gasteiger partial charge in [0.2, 0.25) is 10.0 Å². The maximum absolute atomic E-state index is 14.0. The first kappa shape index (κ1) is 24.7. The first-order chi connectivity index (χ1) is 15.5. The zero-order valence-electron chi connectivity index (χ0n) is 18.1. The molecule has 0 atom stereocenters. The van der Waals surface area contributed by atoms with E-state index in [1.165, 1.54) is 31.4 Å². The van der Waals surface area contributed by atoms with E-state index >= 15 is 0 Å². The number of halogens is 3. The number of nitrogens with one attached hydrogen (secondary N) is 1. The van der Waals surface area contributed by atoms with Crippen molar-refractivity contribution >= 4 is 16.0 Å². The smallest absolute Gasteiger partial charge is 0.401 e. The monoisotopic (exact) mass is 479 g/mol. The van der Waals surface area contributed by atoms with Gasteiger partial charge in [0, 0.05) is 12.5 Å². The third kappa shape index (κ3) is 5.36. The van der Waals surface area contributed by atoms with Crippen LogP contribution in [0.5, 0.6) is 0 Å². The summed E-state index contributed by atoms with van der Waals surface area (Å²) in [5.41, 5.74) is -0.840. The van der Waals surface area contributed by atoms with Crippen molar-refractivity contribution in [3.05, 3.63) is 89.5 Å². The second kappa shape index (κ2) is 9.52. The van der Waals surface area contributed by atoms with Gasteiger partial charge in [-0.05, 0) is 36.6 Å². The Labute approximate surface area is 191 Å². The Hall–Kier alpha value is -2.91. The average molecular weight is 480 g/mol. The Bertz CT molecular complexity index is 1160. The van der Waals surface area contributed by atoms with E-state index in [-0.39, 0.29) is 16.4 Å². The minimum atomic E-state index is -4.60. The lowest BCUT2D eigenvalue weighted by atomic mass is 9.77. The predicted molar refractivity (Wildman–Crippen MR) is 118 cm³/mol. The van der Waals surface area contributed by atoms with E-state index in [1.807, 2.05) is 30.3 Å². The van der Waals surface area contributed by atoms with Crippen LogP contribution in [0.25, 0.3) is 0 Å². The number of hydrogen-bond donors (Lipinski definition) is 1. The van der Waals surface area contributed by atoms with Crippen LogP contribution < -0.4 is 4.72 Å². The maximum Gasteiger partial charge on any atom is 0.401 e. The molecule has 2 aromatic carbocycles. The second-order valence-electron chi connectivity index (χ2n) is 7.81. The summed E-state index contributed by atoms with van der Waals surface area (Å²) < 4.78 is 74.1. The van der Waals surface area contributed by atoms with Crippen molar-refractivity contribution in [3.8, 4) is 0 Å². The molecule has 0 saturated carbocycles. The fourth-order valence-corrected chi connectivity index (χ4v) is 4.70. The number of esters is 1. The minimum Gasteiger partial charge on any atom is -0.465 e. The summed E-state index contributed by atoms with van der Waals surface area (Å²) in [6, 6.07) is 13.0. The highest BCUT2D eigenvalue weighted by Crippen LogP contribution is 2.47. The summed E-state index contributed by atoms with van der Waals surface area (Å²) in [5, 5.41) is 0. The number of sulfonamides is 1. The van der Waals surface area contributed by atoms with Gasteiger partial charge in [-0.15, -0.1) is 0 Å². The molecule has 0 spiro atoms. The predicted octanol–water partition coefficient (Wildman–Crippen LogP) is 4.91. The van der Waals surface area contributed by atoms with Gasteiger partial charge < -0.3 is 4.74 Å². The summed E-state index contributed by atoms with van der Waals surface area (Å²) >= 11 is 0. The SMILES string of the molecule is COC(=O)c1cc(S(=O)(=O)NCCC2(C(F)(F)F)C=CC(c3ccccc3)C=C2)ccc1C. The van der Waals surface area contributed by atoms with Crippen LogP contribution in [0.3, 0.4) is 0 Å². The molecule has 0 radical (unpaired) electrons. The molecule has 0 amide bonds. The Morgan fingerprint density at radius 3 is 2.30 bits per heavy atom. The second-order valence-corrected chi connectivity index (χ2v) is 9.58. The molecule has 0 saturated heterocycles. The summed E-state index contributed by atoms with van der Waals surface area (Å²) in [7, 11) is -2.97. The van der Waals surface area contributed by atoms with Gasteiger partial charge in [0.1, 0.15) is 5.41 Å². The third-order valence-electron chi connectivity index (χ3n) is 5.67. The molecule has 1 N–H and O–H groups in total. The van der Waals surface area contributed by atoms with Crippen molar-refractivity contribution < 1.29 is 31.1 Å². The number of aryl methyl sites for hydroxylation is 1. The van der Waals surface area contributed by atoms with Crippen molar-refractivity contribution in [3.63, 3.8) is 0 Å². The van der Waals surface area contributed by atoms with Crippen LogP contribution in [-0.2, 0) is 14.8 Å². The van der Waals surface area contributed by atoms with E-state index in [0.717, 1.165) is 23.8 Å². The highest BCUT2D eigenvalue weighted by atomic mass is 32.2. The van der Waals surface area contributed by atoms with Crippen LogP contribution in [0.1, 0.15) is 33.8 Å². The number of hydrogen-bond acceptors (Lipinski definition) is 4. The van der Waals surface area contributed by atoms with E-state index in [1.54, 1.807) is 6.92 Å². The van der Waals surface area contributed by atoms with Crippen LogP contribution in [0.2, 0.25) is 0 Å². The molecule has 1 aliphatic carbocycles. The average Bonchev–Trinajstić information content (AvgIpc) is 2.79. The molecule has 0 aliphatic heterocycles. The number of allylic oxidation sites excluding steroid dienone is 4. The molecule has 5 nitrogen and oxygen atoms in total. The van der Waals surface area contributed by atoms with Gasteiger partial charge in [-0.3, -0.25) is 0 Å². The van der Waals surface area contributed by atoms with Gasteiger partial charge in [0.15, 0.2) is 0 Å². The highest BCUT2D eigenvalue weighted by molar-refractivity contribution is 7.89. The van der Waals surface area contributed by atoms with Gasteiger partial charge in [-0.1, -0.05) is 60.7 Å². The fraction of sp³-hybridized carbons (Fsp3) is 0.292. The highest BCUT2D eigenvalue weighted by Gasteiger charge is 2.51. The molecule has 0 bridgehead atoms. The molecule has 1 aliphatic rings. The summed E-state index contributed by atoms with van der Waals surface area (Å²) in [6.45, 7) is 1.17. The Morgan fingerprint density at radius 1 is 1.09 bits per heavy atom. The van der Waals surface area contributed by atoms with E-state index in [2.05, 4.69) is 9.46 Å². The molecule has 3 rings (SSSR count). The van der Waals surface area contributed by atoms with Crippen molar-refractivity contribution in [2.24, 2.45) is 5.41 Å². The molecule has 33 heavy (non-hydrogen) atoms. The third-order valence-corrected chi connectivity index (χ3v) is 7.13. The van der Waals surface area contributed by atoms with E-state index in [9.17, 15) is 26.4 Å². The van der Waals surface area contributed by atoms with Crippen LogP contribution >= 0.6 is 0 Å². The molecule has 176 valence electrons. The van der Waals surface area contributed by atoms with E-state index < -0.39 is 40.5 Å². The lowest BCUT2D eigenvalue weighted by Crippen LogP contribution is -2.39. The molecule has 2 aromatic rings. The fourth-order valence-electron chi connectivity index (χ4n) is 3.64. The minimum absolute atomic E-state index is 0.0669. The van der Waals surface area contributed by atoms with Crippen molar-refractivity contribution in [1.82, 2.24) is 4.72 Å². The van der Waals surface area contributed by atoms with Crippen molar-refractivity contribution in [2.45, 2.75) is 30.3 Å². The number of methoxy groups -OCH3 is 1. The molecule has 0 aromatic heterocycles. The number of benzene rings is 2. The van der Waals surface area contributed by atoms with Gasteiger partial charge in [0.05, 0.1) is 17.6 Å². The molecule has 9 heteroatoms. The quantitative estimate of drug-likeness (QED) is 0.453. The van der Waals surface area contributed by atoms with E-state index in [4.69, 9.17) is 0 Å².